The summed E-state index contributed by atoms with van der Waals surface area (Å²) in [6, 6.07) is 0. The fraction of sp³-hybridized carbons (Fsp3) is 0.857. The molecular formula is C14H30O2Si. The first-order chi connectivity index (χ1) is 7.65. The zero-order valence-corrected chi connectivity index (χ0v) is 13.6. The molecule has 2 atom stereocenters. The molecule has 0 aromatic carbocycles. The molecule has 2 nitrogen and oxygen atoms in total. The predicted octanol–water partition coefficient (Wildman–Crippen LogP) is 3.97. The van der Waals surface area contributed by atoms with Gasteiger partial charge in [0.25, 0.3) is 0 Å². The Bertz CT molecular complexity index is 241. The molecule has 0 radical (unpaired) electrons. The fourth-order valence-corrected chi connectivity index (χ4v) is 3.01. The second-order valence-corrected chi connectivity index (χ2v) is 11.1. The second-order valence-electron chi connectivity index (χ2n) is 6.29. The molecule has 0 saturated heterocycles. The molecule has 0 spiro atoms. The summed E-state index contributed by atoms with van der Waals surface area (Å²) in [5, 5.41) is 9.06. The van der Waals surface area contributed by atoms with Gasteiger partial charge in [-0.25, -0.2) is 0 Å². The van der Waals surface area contributed by atoms with Gasteiger partial charge in [-0.1, -0.05) is 46.8 Å². The van der Waals surface area contributed by atoms with Crippen LogP contribution in [0.4, 0.5) is 0 Å². The van der Waals surface area contributed by atoms with Crippen molar-refractivity contribution in [3.8, 4) is 0 Å². The van der Waals surface area contributed by atoms with E-state index in [0.717, 1.165) is 6.42 Å². The van der Waals surface area contributed by atoms with Crippen LogP contribution in [0.15, 0.2) is 12.2 Å². The lowest BCUT2D eigenvalue weighted by atomic mass is 10.0. The molecule has 0 aliphatic rings. The van der Waals surface area contributed by atoms with Crippen LogP contribution in [0, 0.1) is 5.92 Å². The number of hydrogen-bond donors (Lipinski definition) is 1. The predicted molar refractivity (Wildman–Crippen MR) is 77.8 cm³/mol. The van der Waals surface area contributed by atoms with Gasteiger partial charge in [-0.3, -0.25) is 0 Å². The Labute approximate surface area is 108 Å². The van der Waals surface area contributed by atoms with Gasteiger partial charge in [0, 0.05) is 0 Å². The molecule has 0 aromatic rings. The smallest absolute Gasteiger partial charge is 0.192 e. The first kappa shape index (κ1) is 16.9. The van der Waals surface area contributed by atoms with Crippen molar-refractivity contribution in [3.63, 3.8) is 0 Å². The van der Waals surface area contributed by atoms with Gasteiger partial charge in [0.05, 0.1) is 12.7 Å². The maximum absolute atomic E-state index is 8.81. The monoisotopic (exact) mass is 258 g/mol. The van der Waals surface area contributed by atoms with Gasteiger partial charge in [-0.05, 0) is 30.5 Å². The summed E-state index contributed by atoms with van der Waals surface area (Å²) in [6.07, 6.45) is 5.14. The van der Waals surface area contributed by atoms with Gasteiger partial charge in [-0.2, -0.15) is 0 Å². The highest BCUT2D eigenvalue weighted by molar-refractivity contribution is 6.74. The Morgan fingerprint density at radius 3 is 2.18 bits per heavy atom. The van der Waals surface area contributed by atoms with Crippen LogP contribution in [-0.2, 0) is 4.43 Å². The van der Waals surface area contributed by atoms with Crippen molar-refractivity contribution in [1.29, 1.82) is 0 Å². The minimum atomic E-state index is -1.69. The molecule has 0 bridgehead atoms. The fourth-order valence-electron chi connectivity index (χ4n) is 1.52. The minimum absolute atomic E-state index is 0.112. The molecule has 0 fully saturated rings. The first-order valence-corrected chi connectivity index (χ1v) is 9.52. The van der Waals surface area contributed by atoms with E-state index in [-0.39, 0.29) is 17.7 Å². The van der Waals surface area contributed by atoms with Crippen LogP contribution in [0.5, 0.6) is 0 Å². The maximum Gasteiger partial charge on any atom is 0.192 e. The van der Waals surface area contributed by atoms with Crippen molar-refractivity contribution < 1.29 is 9.53 Å². The molecular weight excluding hydrogens is 228 g/mol. The highest BCUT2D eigenvalue weighted by atomic mass is 28.4. The van der Waals surface area contributed by atoms with E-state index in [9.17, 15) is 0 Å². The molecule has 0 aliphatic heterocycles. The average Bonchev–Trinajstić information content (AvgIpc) is 2.20. The van der Waals surface area contributed by atoms with Crippen LogP contribution in [0.3, 0.4) is 0 Å². The third-order valence-corrected chi connectivity index (χ3v) is 8.29. The lowest BCUT2D eigenvalue weighted by Crippen LogP contribution is -2.45. The van der Waals surface area contributed by atoms with Crippen molar-refractivity contribution in [2.45, 2.75) is 65.3 Å². The molecule has 17 heavy (non-hydrogen) atoms. The van der Waals surface area contributed by atoms with E-state index in [0.29, 0.717) is 5.92 Å². The van der Waals surface area contributed by atoms with Crippen LogP contribution >= 0.6 is 0 Å². The minimum Gasteiger partial charge on any atom is -0.413 e. The van der Waals surface area contributed by atoms with Crippen molar-refractivity contribution >= 4 is 8.32 Å². The first-order valence-electron chi connectivity index (χ1n) is 6.61. The normalized spacial score (nSPS) is 17.4. The van der Waals surface area contributed by atoms with Gasteiger partial charge in [0.2, 0.25) is 0 Å². The molecule has 0 heterocycles. The van der Waals surface area contributed by atoms with Crippen molar-refractivity contribution in [2.24, 2.45) is 5.92 Å². The van der Waals surface area contributed by atoms with E-state index < -0.39 is 8.32 Å². The Balaban J connectivity index is 4.65. The molecule has 0 aliphatic carbocycles. The Morgan fingerprint density at radius 1 is 1.29 bits per heavy atom. The van der Waals surface area contributed by atoms with E-state index in [4.69, 9.17) is 9.53 Å². The van der Waals surface area contributed by atoms with Crippen molar-refractivity contribution in [1.82, 2.24) is 0 Å². The van der Waals surface area contributed by atoms with E-state index in [1.54, 1.807) is 0 Å². The van der Waals surface area contributed by atoms with Gasteiger partial charge in [0.15, 0.2) is 8.32 Å². The highest BCUT2D eigenvalue weighted by Crippen LogP contribution is 2.38. The molecule has 1 N–H and O–H groups in total. The molecule has 102 valence electrons. The molecule has 0 unspecified atom stereocenters. The summed E-state index contributed by atoms with van der Waals surface area (Å²) >= 11 is 0. The van der Waals surface area contributed by atoms with E-state index in [1.165, 1.54) is 0 Å². The molecule has 3 heteroatoms. The maximum atomic E-state index is 8.81. The molecule has 0 amide bonds. The second kappa shape index (κ2) is 6.71. The van der Waals surface area contributed by atoms with Gasteiger partial charge >= 0.3 is 0 Å². The van der Waals surface area contributed by atoms with Crippen LogP contribution in [0.2, 0.25) is 18.1 Å². The number of aliphatic hydroxyl groups is 1. The van der Waals surface area contributed by atoms with Gasteiger partial charge in [0.1, 0.15) is 0 Å². The van der Waals surface area contributed by atoms with Crippen LogP contribution in [0.25, 0.3) is 0 Å². The summed E-state index contributed by atoms with van der Waals surface area (Å²) in [4.78, 5) is 0. The summed E-state index contributed by atoms with van der Waals surface area (Å²) in [7, 11) is -1.69. The quantitative estimate of drug-likeness (QED) is 0.577. The molecule has 0 saturated carbocycles. The van der Waals surface area contributed by atoms with Gasteiger partial charge < -0.3 is 9.53 Å². The Morgan fingerprint density at radius 2 is 1.82 bits per heavy atom. The Kier molecular flexibility index (Phi) is 6.67. The summed E-state index contributed by atoms with van der Waals surface area (Å²) in [5.74, 6) is 0.362. The summed E-state index contributed by atoms with van der Waals surface area (Å²) in [6.45, 7) is 15.8. The zero-order chi connectivity index (χ0) is 13.7. The lowest BCUT2D eigenvalue weighted by Gasteiger charge is -2.40. The van der Waals surface area contributed by atoms with E-state index >= 15 is 0 Å². The van der Waals surface area contributed by atoms with Crippen molar-refractivity contribution in [2.75, 3.05) is 6.61 Å². The van der Waals surface area contributed by atoms with Crippen LogP contribution in [0.1, 0.15) is 41.0 Å². The highest BCUT2D eigenvalue weighted by Gasteiger charge is 2.39. The van der Waals surface area contributed by atoms with E-state index in [2.05, 4.69) is 53.8 Å². The standard InChI is InChI=1S/C14H30O2Si/c1-8-13(12(2)10-9-11-15)16-17(6,7)14(3,4)5/h9-10,12-13,15H,8,11H2,1-7H3/b10-9+/t12-,13-/m1/s1. The lowest BCUT2D eigenvalue weighted by molar-refractivity contribution is 0.141. The number of rotatable bonds is 6. The molecule has 0 aromatic heterocycles. The number of aliphatic hydroxyl groups excluding tert-OH is 1. The third kappa shape index (κ3) is 5.36. The van der Waals surface area contributed by atoms with Gasteiger partial charge in [-0.15, -0.1) is 0 Å². The average molecular weight is 258 g/mol. The number of hydrogen-bond acceptors (Lipinski definition) is 2. The summed E-state index contributed by atoms with van der Waals surface area (Å²) in [5.41, 5.74) is 0. The zero-order valence-electron chi connectivity index (χ0n) is 12.6. The van der Waals surface area contributed by atoms with Crippen molar-refractivity contribution in [3.05, 3.63) is 12.2 Å². The largest absolute Gasteiger partial charge is 0.413 e. The van der Waals surface area contributed by atoms with Crippen LogP contribution < -0.4 is 0 Å². The molecule has 0 rings (SSSR count). The van der Waals surface area contributed by atoms with Crippen LogP contribution in [-0.4, -0.2) is 26.1 Å². The third-order valence-electron chi connectivity index (χ3n) is 3.79. The Hall–Kier alpha value is -0.123. The summed E-state index contributed by atoms with van der Waals surface area (Å²) < 4.78 is 6.42. The van der Waals surface area contributed by atoms with E-state index in [1.807, 2.05) is 6.08 Å². The SMILES string of the molecule is CC[C@@H](O[Si](C)(C)C(C)(C)C)[C@H](C)/C=C/CO. The topological polar surface area (TPSA) is 29.5 Å².